The van der Waals surface area contributed by atoms with Crippen LogP contribution in [0.15, 0.2) is 12.7 Å². The molecule has 0 aliphatic heterocycles. The lowest BCUT2D eigenvalue weighted by Crippen LogP contribution is -2.38. The fourth-order valence-electron chi connectivity index (χ4n) is 4.66. The summed E-state index contributed by atoms with van der Waals surface area (Å²) >= 11 is 0. The van der Waals surface area contributed by atoms with Crippen LogP contribution in [0.25, 0.3) is 0 Å². The Balaban J connectivity index is 2.08. The summed E-state index contributed by atoms with van der Waals surface area (Å²) in [5.41, 5.74) is 1.19. The van der Waals surface area contributed by atoms with Crippen molar-refractivity contribution in [2.75, 3.05) is 0 Å². The van der Waals surface area contributed by atoms with Crippen LogP contribution >= 0.6 is 0 Å². The Morgan fingerprint density at radius 1 is 0.737 bits per heavy atom. The van der Waals surface area contributed by atoms with Crippen molar-refractivity contribution in [2.45, 2.75) is 90.9 Å². The summed E-state index contributed by atoms with van der Waals surface area (Å²) in [4.78, 5) is 0. The lowest BCUT2D eigenvalue weighted by Gasteiger charge is -2.48. The largest absolute Gasteiger partial charge is 0.103 e. The molecule has 0 bridgehead atoms. The summed E-state index contributed by atoms with van der Waals surface area (Å²) in [6.07, 6.45) is 19.6. The van der Waals surface area contributed by atoms with E-state index in [2.05, 4.69) is 26.5 Å². The van der Waals surface area contributed by atoms with Gasteiger partial charge in [-0.25, -0.2) is 0 Å². The maximum absolute atomic E-state index is 4.03. The second kappa shape index (κ2) is 6.46. The van der Waals surface area contributed by atoms with Crippen LogP contribution in [0.1, 0.15) is 90.9 Å². The number of hydrogen-bond donors (Lipinski definition) is 0. The van der Waals surface area contributed by atoms with Crippen molar-refractivity contribution in [3.63, 3.8) is 0 Å². The molecule has 0 radical (unpaired) electrons. The Morgan fingerprint density at radius 3 is 1.89 bits per heavy atom. The molecule has 2 aliphatic carbocycles. The van der Waals surface area contributed by atoms with Crippen LogP contribution in [0.2, 0.25) is 0 Å². The van der Waals surface area contributed by atoms with E-state index in [1.807, 2.05) is 0 Å². The van der Waals surface area contributed by atoms with Gasteiger partial charge in [-0.1, -0.05) is 58.4 Å². The highest BCUT2D eigenvalue weighted by atomic mass is 14.5. The average molecular weight is 262 g/mol. The van der Waals surface area contributed by atoms with Crippen LogP contribution in [0.3, 0.4) is 0 Å². The third kappa shape index (κ3) is 3.44. The molecular formula is C19H34. The Labute approximate surface area is 121 Å². The highest BCUT2D eigenvalue weighted by Gasteiger charge is 2.44. The van der Waals surface area contributed by atoms with Crippen molar-refractivity contribution >= 4 is 0 Å². The van der Waals surface area contributed by atoms with E-state index in [0.29, 0.717) is 10.8 Å². The first-order chi connectivity index (χ1) is 9.10. The Hall–Kier alpha value is -0.260. The highest BCUT2D eigenvalue weighted by molar-refractivity contribution is 4.96. The highest BCUT2D eigenvalue weighted by Crippen LogP contribution is 2.55. The average Bonchev–Trinajstić information content (AvgIpc) is 2.57. The van der Waals surface area contributed by atoms with Crippen molar-refractivity contribution in [1.82, 2.24) is 0 Å². The maximum atomic E-state index is 4.03. The summed E-state index contributed by atoms with van der Waals surface area (Å²) in [6.45, 7) is 9.26. The molecule has 110 valence electrons. The quantitative estimate of drug-likeness (QED) is 0.393. The molecule has 0 saturated heterocycles. The Morgan fingerprint density at radius 2 is 1.26 bits per heavy atom. The first-order valence-corrected chi connectivity index (χ1v) is 8.72. The third-order valence-electron chi connectivity index (χ3n) is 6.62. The zero-order chi connectivity index (χ0) is 13.8. The maximum Gasteiger partial charge on any atom is -0.0236 e. The van der Waals surface area contributed by atoms with Crippen molar-refractivity contribution in [2.24, 2.45) is 16.7 Å². The molecule has 2 aliphatic rings. The summed E-state index contributed by atoms with van der Waals surface area (Å²) < 4.78 is 0. The summed E-state index contributed by atoms with van der Waals surface area (Å²) in [5, 5.41) is 0. The zero-order valence-corrected chi connectivity index (χ0v) is 13.3. The molecule has 2 fully saturated rings. The number of allylic oxidation sites excluding steroid dienone is 1. The van der Waals surface area contributed by atoms with Crippen molar-refractivity contribution in [3.8, 4) is 0 Å². The summed E-state index contributed by atoms with van der Waals surface area (Å²) in [5.74, 6) is 0.791. The molecule has 0 aromatic rings. The van der Waals surface area contributed by atoms with E-state index in [-0.39, 0.29) is 0 Å². The predicted molar refractivity (Wildman–Crippen MR) is 85.3 cm³/mol. The minimum atomic E-state index is 0.585. The monoisotopic (exact) mass is 262 g/mol. The normalized spacial score (nSPS) is 36.8. The molecule has 2 unspecified atom stereocenters. The van der Waals surface area contributed by atoms with E-state index >= 15 is 0 Å². The van der Waals surface area contributed by atoms with E-state index in [4.69, 9.17) is 0 Å². The van der Waals surface area contributed by atoms with Gasteiger partial charge in [0.25, 0.3) is 0 Å². The van der Waals surface area contributed by atoms with E-state index in [1.54, 1.807) is 0 Å². The van der Waals surface area contributed by atoms with E-state index in [1.165, 1.54) is 77.0 Å². The standard InChI is InChI=1S/C19H34/c1-4-17-11-10-15-19(3,16-12-17)18(2)13-8-6-5-7-9-14-18/h4,17H,1,5-16H2,2-3H3. The second-order valence-electron chi connectivity index (χ2n) is 7.82. The van der Waals surface area contributed by atoms with Crippen LogP contribution in [0.4, 0.5) is 0 Å². The van der Waals surface area contributed by atoms with Crippen LogP contribution in [0.5, 0.6) is 0 Å². The van der Waals surface area contributed by atoms with Gasteiger partial charge in [0.05, 0.1) is 0 Å². The van der Waals surface area contributed by atoms with Crippen LogP contribution in [0, 0.1) is 16.7 Å². The van der Waals surface area contributed by atoms with Gasteiger partial charge >= 0.3 is 0 Å². The minimum Gasteiger partial charge on any atom is -0.103 e. The van der Waals surface area contributed by atoms with Crippen LogP contribution in [-0.2, 0) is 0 Å². The lowest BCUT2D eigenvalue weighted by atomic mass is 9.57. The molecule has 0 N–H and O–H groups in total. The minimum absolute atomic E-state index is 0.585. The van der Waals surface area contributed by atoms with Crippen LogP contribution in [-0.4, -0.2) is 0 Å². The second-order valence-corrected chi connectivity index (χ2v) is 7.82. The van der Waals surface area contributed by atoms with Crippen molar-refractivity contribution < 1.29 is 0 Å². The van der Waals surface area contributed by atoms with Crippen molar-refractivity contribution in [3.05, 3.63) is 12.7 Å². The van der Waals surface area contributed by atoms with Gasteiger partial charge in [0.15, 0.2) is 0 Å². The molecule has 2 rings (SSSR count). The van der Waals surface area contributed by atoms with E-state index in [9.17, 15) is 0 Å². The molecule has 0 heterocycles. The lowest BCUT2D eigenvalue weighted by molar-refractivity contribution is 0.0235. The molecule has 0 aromatic carbocycles. The topological polar surface area (TPSA) is 0 Å². The predicted octanol–water partition coefficient (Wildman–Crippen LogP) is 6.51. The molecule has 2 saturated carbocycles. The number of hydrogen-bond acceptors (Lipinski definition) is 0. The Kier molecular flexibility index (Phi) is 5.15. The zero-order valence-electron chi connectivity index (χ0n) is 13.3. The molecule has 0 nitrogen and oxygen atoms in total. The summed E-state index contributed by atoms with van der Waals surface area (Å²) in [7, 11) is 0. The van der Waals surface area contributed by atoms with Gasteiger partial charge in [-0.2, -0.15) is 0 Å². The smallest absolute Gasteiger partial charge is 0.0236 e. The molecule has 0 aromatic heterocycles. The van der Waals surface area contributed by atoms with Gasteiger partial charge in [-0.15, -0.1) is 6.58 Å². The van der Waals surface area contributed by atoms with E-state index in [0.717, 1.165) is 5.92 Å². The number of rotatable bonds is 2. The van der Waals surface area contributed by atoms with Gasteiger partial charge in [-0.05, 0) is 55.3 Å². The molecule has 0 spiro atoms. The van der Waals surface area contributed by atoms with Gasteiger partial charge in [0.1, 0.15) is 0 Å². The van der Waals surface area contributed by atoms with Gasteiger partial charge < -0.3 is 0 Å². The molecule has 19 heavy (non-hydrogen) atoms. The van der Waals surface area contributed by atoms with Gasteiger partial charge in [0.2, 0.25) is 0 Å². The molecule has 2 atom stereocenters. The SMILES string of the molecule is C=CC1CCCC(C)(C2(C)CCCCCCC2)CC1. The van der Waals surface area contributed by atoms with Crippen LogP contribution < -0.4 is 0 Å². The van der Waals surface area contributed by atoms with Gasteiger partial charge in [0, 0.05) is 0 Å². The summed E-state index contributed by atoms with van der Waals surface area (Å²) in [6, 6.07) is 0. The molecule has 0 heteroatoms. The molecular weight excluding hydrogens is 228 g/mol. The Bertz CT molecular complexity index is 282. The van der Waals surface area contributed by atoms with Crippen molar-refractivity contribution in [1.29, 1.82) is 0 Å². The fraction of sp³-hybridized carbons (Fsp3) is 0.895. The molecule has 0 amide bonds. The third-order valence-corrected chi connectivity index (χ3v) is 6.62. The van der Waals surface area contributed by atoms with E-state index < -0.39 is 0 Å². The first-order valence-electron chi connectivity index (χ1n) is 8.72. The fourth-order valence-corrected chi connectivity index (χ4v) is 4.66. The van der Waals surface area contributed by atoms with Gasteiger partial charge in [-0.3, -0.25) is 0 Å². The first kappa shape index (κ1) is 15.1.